The van der Waals surface area contributed by atoms with Crippen LogP contribution in [0.25, 0.3) is 0 Å². The molecule has 2 aromatic carbocycles. The summed E-state index contributed by atoms with van der Waals surface area (Å²) in [5, 5.41) is 2.98. The van der Waals surface area contributed by atoms with E-state index in [1.54, 1.807) is 23.9 Å². The highest BCUT2D eigenvalue weighted by molar-refractivity contribution is 7.98. The third kappa shape index (κ3) is 7.32. The summed E-state index contributed by atoms with van der Waals surface area (Å²) >= 11 is 7.52. The van der Waals surface area contributed by atoms with Crippen LogP contribution in [0.1, 0.15) is 15.9 Å². The van der Waals surface area contributed by atoms with Crippen LogP contribution in [0.5, 0.6) is 0 Å². The lowest BCUT2D eigenvalue weighted by atomic mass is 10.1. The largest absolute Gasteiger partial charge is 0.468 e. The Hall–Kier alpha value is -2.51. The van der Waals surface area contributed by atoms with E-state index in [2.05, 4.69) is 10.1 Å². The number of hydrogen-bond acceptors (Lipinski definition) is 6. The molecule has 1 N–H and O–H groups in total. The maximum absolute atomic E-state index is 12.0. The summed E-state index contributed by atoms with van der Waals surface area (Å²) in [7, 11) is 1.21. The molecule has 0 aliphatic carbocycles. The summed E-state index contributed by atoms with van der Waals surface area (Å²) < 4.78 is 9.31. The number of rotatable bonds is 8. The van der Waals surface area contributed by atoms with Gasteiger partial charge in [0.25, 0.3) is 5.91 Å². The predicted molar refractivity (Wildman–Crippen MR) is 103 cm³/mol. The van der Waals surface area contributed by atoms with Gasteiger partial charge in [-0.1, -0.05) is 23.7 Å². The third-order valence-electron chi connectivity index (χ3n) is 3.40. The van der Waals surface area contributed by atoms with Crippen molar-refractivity contribution in [3.63, 3.8) is 0 Å². The molecule has 8 heteroatoms. The minimum atomic E-state index is -0.611. The second kappa shape index (κ2) is 10.6. The Labute approximate surface area is 166 Å². The number of halogens is 1. The maximum Gasteiger partial charge on any atom is 0.338 e. The Balaban J connectivity index is 1.78. The number of nitrogens with one attached hydrogen (secondary N) is 1. The first-order valence-corrected chi connectivity index (χ1v) is 9.32. The Morgan fingerprint density at radius 3 is 2.33 bits per heavy atom. The Morgan fingerprint density at radius 2 is 1.70 bits per heavy atom. The van der Waals surface area contributed by atoms with E-state index in [0.717, 1.165) is 16.2 Å². The van der Waals surface area contributed by atoms with Crippen LogP contribution >= 0.6 is 23.4 Å². The average Bonchev–Trinajstić information content (AvgIpc) is 2.70. The maximum atomic E-state index is 12.0. The Morgan fingerprint density at radius 1 is 1.04 bits per heavy atom. The van der Waals surface area contributed by atoms with Crippen molar-refractivity contribution in [3.05, 3.63) is 64.7 Å². The standard InChI is InChI=1S/C19H18ClNO5S/c1-25-18(23)10-21-17(22)11-26-19(24)14-4-2-13(3-5-14)12-27-16-8-6-15(20)7-9-16/h2-9H,10-12H2,1H3,(H,21,22). The third-order valence-corrected chi connectivity index (χ3v) is 4.74. The molecule has 0 heterocycles. The molecule has 0 spiro atoms. The molecule has 0 fully saturated rings. The first-order chi connectivity index (χ1) is 13.0. The zero-order valence-corrected chi connectivity index (χ0v) is 16.1. The van der Waals surface area contributed by atoms with Crippen LogP contribution < -0.4 is 5.32 Å². The molecule has 27 heavy (non-hydrogen) atoms. The minimum absolute atomic E-state index is 0.271. The van der Waals surface area contributed by atoms with Gasteiger partial charge in [-0.2, -0.15) is 0 Å². The lowest BCUT2D eigenvalue weighted by molar-refractivity contribution is -0.141. The first-order valence-electron chi connectivity index (χ1n) is 7.96. The van der Waals surface area contributed by atoms with E-state index in [-0.39, 0.29) is 6.54 Å². The summed E-state index contributed by atoms with van der Waals surface area (Å²) in [5.74, 6) is -1.03. The van der Waals surface area contributed by atoms with Gasteiger partial charge in [0.15, 0.2) is 6.61 Å². The molecule has 0 bridgehead atoms. The van der Waals surface area contributed by atoms with Crippen LogP contribution in [0.15, 0.2) is 53.4 Å². The summed E-state index contributed by atoms with van der Waals surface area (Å²) in [6, 6.07) is 14.5. The molecule has 0 unspecified atom stereocenters. The zero-order valence-electron chi connectivity index (χ0n) is 14.6. The summed E-state index contributed by atoms with van der Waals surface area (Å²) in [4.78, 5) is 35.5. The van der Waals surface area contributed by atoms with Crippen LogP contribution in [0.4, 0.5) is 0 Å². The SMILES string of the molecule is COC(=O)CNC(=O)COC(=O)c1ccc(CSc2ccc(Cl)cc2)cc1. The van der Waals surface area contributed by atoms with Gasteiger partial charge in [-0.05, 0) is 42.0 Å². The molecule has 0 aliphatic rings. The average molecular weight is 408 g/mol. The number of carbonyl (C=O) groups excluding carboxylic acids is 3. The van der Waals surface area contributed by atoms with Crippen LogP contribution in [-0.4, -0.2) is 38.1 Å². The number of amides is 1. The molecule has 142 valence electrons. The summed E-state index contributed by atoms with van der Waals surface area (Å²) in [6.45, 7) is -0.739. The van der Waals surface area contributed by atoms with Crippen molar-refractivity contribution >= 4 is 41.2 Å². The molecule has 2 aromatic rings. The van der Waals surface area contributed by atoms with Gasteiger partial charge >= 0.3 is 11.9 Å². The molecule has 0 saturated heterocycles. The number of carbonyl (C=O) groups is 3. The number of esters is 2. The number of thioether (sulfide) groups is 1. The predicted octanol–water partition coefficient (Wildman–Crippen LogP) is 3.08. The van der Waals surface area contributed by atoms with Crippen molar-refractivity contribution < 1.29 is 23.9 Å². The Bertz CT molecular complexity index is 793. The summed E-state index contributed by atoms with van der Waals surface area (Å²) in [5.41, 5.74) is 1.39. The van der Waals surface area contributed by atoms with Crippen LogP contribution in [-0.2, 0) is 24.8 Å². The van der Waals surface area contributed by atoms with Crippen molar-refractivity contribution in [1.29, 1.82) is 0 Å². The van der Waals surface area contributed by atoms with E-state index in [1.165, 1.54) is 7.11 Å². The van der Waals surface area contributed by atoms with Gasteiger partial charge in [0.2, 0.25) is 0 Å². The molecule has 0 aliphatic heterocycles. The van der Waals surface area contributed by atoms with Crippen molar-refractivity contribution in [2.45, 2.75) is 10.6 Å². The lowest BCUT2D eigenvalue weighted by Gasteiger charge is -2.07. The second-order valence-corrected chi connectivity index (χ2v) is 6.85. The zero-order chi connectivity index (χ0) is 19.6. The molecule has 1 amide bonds. The molecule has 0 atom stereocenters. The van der Waals surface area contributed by atoms with Gasteiger partial charge < -0.3 is 14.8 Å². The molecule has 0 saturated carbocycles. The Kier molecular flexibility index (Phi) is 8.16. The van der Waals surface area contributed by atoms with Crippen molar-refractivity contribution in [2.24, 2.45) is 0 Å². The van der Waals surface area contributed by atoms with E-state index in [0.29, 0.717) is 10.6 Å². The van der Waals surface area contributed by atoms with Crippen LogP contribution in [0.3, 0.4) is 0 Å². The van der Waals surface area contributed by atoms with E-state index < -0.39 is 24.5 Å². The molecular formula is C19H18ClNO5S. The number of ether oxygens (including phenoxy) is 2. The molecule has 0 radical (unpaired) electrons. The van der Waals surface area contributed by atoms with E-state index >= 15 is 0 Å². The number of hydrogen-bond donors (Lipinski definition) is 1. The molecule has 2 rings (SSSR count). The highest BCUT2D eigenvalue weighted by Gasteiger charge is 2.11. The van der Waals surface area contributed by atoms with E-state index in [4.69, 9.17) is 16.3 Å². The van der Waals surface area contributed by atoms with Gasteiger partial charge in [-0.3, -0.25) is 9.59 Å². The second-order valence-electron chi connectivity index (χ2n) is 5.37. The topological polar surface area (TPSA) is 81.7 Å². The van der Waals surface area contributed by atoms with Crippen molar-refractivity contribution in [1.82, 2.24) is 5.32 Å². The highest BCUT2D eigenvalue weighted by Crippen LogP contribution is 2.24. The van der Waals surface area contributed by atoms with Gasteiger partial charge in [0, 0.05) is 15.7 Å². The van der Waals surface area contributed by atoms with Crippen molar-refractivity contribution in [2.75, 3.05) is 20.3 Å². The van der Waals surface area contributed by atoms with Gasteiger partial charge in [0.1, 0.15) is 6.54 Å². The van der Waals surface area contributed by atoms with E-state index in [1.807, 2.05) is 36.4 Å². The quantitative estimate of drug-likeness (QED) is 0.535. The molecule has 0 aromatic heterocycles. The number of methoxy groups -OCH3 is 1. The first kappa shape index (κ1) is 20.8. The minimum Gasteiger partial charge on any atom is -0.468 e. The van der Waals surface area contributed by atoms with Crippen LogP contribution in [0, 0.1) is 0 Å². The fourth-order valence-corrected chi connectivity index (χ4v) is 2.92. The summed E-state index contributed by atoms with van der Waals surface area (Å²) in [6.07, 6.45) is 0. The molecular weight excluding hydrogens is 390 g/mol. The van der Waals surface area contributed by atoms with E-state index in [9.17, 15) is 14.4 Å². The highest BCUT2D eigenvalue weighted by atomic mass is 35.5. The fourth-order valence-electron chi connectivity index (χ4n) is 1.94. The van der Waals surface area contributed by atoms with Crippen LogP contribution in [0.2, 0.25) is 5.02 Å². The van der Waals surface area contributed by atoms with Gasteiger partial charge in [-0.15, -0.1) is 11.8 Å². The van der Waals surface area contributed by atoms with Gasteiger partial charge in [-0.25, -0.2) is 4.79 Å². The monoisotopic (exact) mass is 407 g/mol. The van der Waals surface area contributed by atoms with Gasteiger partial charge in [0.05, 0.1) is 12.7 Å². The van der Waals surface area contributed by atoms with Crippen molar-refractivity contribution in [3.8, 4) is 0 Å². The normalized spacial score (nSPS) is 10.1. The number of benzene rings is 2. The fraction of sp³-hybridized carbons (Fsp3) is 0.211. The smallest absolute Gasteiger partial charge is 0.338 e. The molecule has 6 nitrogen and oxygen atoms in total. The lowest BCUT2D eigenvalue weighted by Crippen LogP contribution is -2.33.